The summed E-state index contributed by atoms with van der Waals surface area (Å²) in [5.41, 5.74) is 0.203. The Balaban J connectivity index is 1.92. The number of benzene rings is 1. The van der Waals surface area contributed by atoms with Crippen molar-refractivity contribution in [3.63, 3.8) is 0 Å². The van der Waals surface area contributed by atoms with Crippen molar-refractivity contribution in [3.05, 3.63) is 35.4 Å². The van der Waals surface area contributed by atoms with Crippen LogP contribution in [-0.2, 0) is 4.74 Å². The van der Waals surface area contributed by atoms with Gasteiger partial charge in [-0.3, -0.25) is 0 Å². The molecular weight excluding hydrogens is 326 g/mol. The molecule has 1 amide bonds. The van der Waals surface area contributed by atoms with E-state index in [1.165, 1.54) is 6.07 Å². The third kappa shape index (κ3) is 5.39. The molecule has 0 aromatic heterocycles. The van der Waals surface area contributed by atoms with Gasteiger partial charge in [-0.25, -0.2) is 13.6 Å². The molecule has 1 aliphatic rings. The fourth-order valence-electron chi connectivity index (χ4n) is 3.15. The van der Waals surface area contributed by atoms with Crippen molar-refractivity contribution in [2.75, 3.05) is 6.54 Å². The Labute approximate surface area is 148 Å². The van der Waals surface area contributed by atoms with Crippen LogP contribution in [0.4, 0.5) is 13.6 Å². The molecule has 1 heterocycles. The van der Waals surface area contributed by atoms with Crippen molar-refractivity contribution in [2.24, 2.45) is 0 Å². The number of ether oxygens (including phenoxy) is 1. The monoisotopic (exact) mass is 354 g/mol. The van der Waals surface area contributed by atoms with E-state index in [4.69, 9.17) is 4.74 Å². The van der Waals surface area contributed by atoms with Crippen molar-refractivity contribution in [2.45, 2.75) is 71.2 Å². The molecule has 1 aliphatic heterocycles. The number of piperidine rings is 1. The highest BCUT2D eigenvalue weighted by Crippen LogP contribution is 2.23. The number of amides is 1. The van der Waals surface area contributed by atoms with Crippen LogP contribution in [0.25, 0.3) is 0 Å². The van der Waals surface area contributed by atoms with Crippen LogP contribution in [-0.4, -0.2) is 35.2 Å². The summed E-state index contributed by atoms with van der Waals surface area (Å²) in [7, 11) is 0. The van der Waals surface area contributed by atoms with Crippen molar-refractivity contribution in [1.82, 2.24) is 10.2 Å². The minimum atomic E-state index is -0.838. The number of hydrogen-bond donors (Lipinski definition) is 1. The van der Waals surface area contributed by atoms with E-state index in [9.17, 15) is 13.6 Å². The van der Waals surface area contributed by atoms with E-state index < -0.39 is 17.2 Å². The van der Waals surface area contributed by atoms with Crippen LogP contribution < -0.4 is 5.32 Å². The number of likely N-dealkylation sites (tertiary alicyclic amines) is 1. The van der Waals surface area contributed by atoms with Crippen LogP contribution in [0, 0.1) is 11.6 Å². The lowest BCUT2D eigenvalue weighted by atomic mass is 9.97. The third-order valence-corrected chi connectivity index (χ3v) is 4.43. The summed E-state index contributed by atoms with van der Waals surface area (Å²) in [4.78, 5) is 14.0. The number of carbonyl (C=O) groups is 1. The second-order valence-corrected chi connectivity index (χ2v) is 7.81. The van der Waals surface area contributed by atoms with Gasteiger partial charge in [0.25, 0.3) is 0 Å². The van der Waals surface area contributed by atoms with Gasteiger partial charge in [-0.15, -0.1) is 0 Å². The maximum absolute atomic E-state index is 13.4. The number of carbonyl (C=O) groups excluding carboxylic acids is 1. The van der Waals surface area contributed by atoms with Crippen LogP contribution in [0.15, 0.2) is 18.2 Å². The molecule has 2 rings (SSSR count). The molecule has 3 unspecified atom stereocenters. The number of nitrogens with zero attached hydrogens (tertiary/aromatic N) is 1. The van der Waals surface area contributed by atoms with E-state index in [0.717, 1.165) is 18.9 Å². The largest absolute Gasteiger partial charge is 0.444 e. The zero-order chi connectivity index (χ0) is 18.8. The highest BCUT2D eigenvalue weighted by Gasteiger charge is 2.32. The first-order chi connectivity index (χ1) is 11.6. The highest BCUT2D eigenvalue weighted by molar-refractivity contribution is 5.68. The summed E-state index contributed by atoms with van der Waals surface area (Å²) >= 11 is 0. The van der Waals surface area contributed by atoms with E-state index in [1.54, 1.807) is 11.0 Å². The number of hydrogen-bond acceptors (Lipinski definition) is 3. The summed E-state index contributed by atoms with van der Waals surface area (Å²) < 4.78 is 31.9. The molecule has 1 N–H and O–H groups in total. The van der Waals surface area contributed by atoms with Gasteiger partial charge < -0.3 is 15.0 Å². The highest BCUT2D eigenvalue weighted by atomic mass is 19.2. The summed E-state index contributed by atoms with van der Waals surface area (Å²) in [6, 6.07) is 4.13. The average molecular weight is 354 g/mol. The minimum Gasteiger partial charge on any atom is -0.444 e. The SMILES string of the molecule is CC(NC1CCN(C(=O)OC(C)(C)C)C(C)C1)c1ccc(F)c(F)c1. The first kappa shape index (κ1) is 19.6. The van der Waals surface area contributed by atoms with Gasteiger partial charge in [-0.1, -0.05) is 6.07 Å². The molecule has 25 heavy (non-hydrogen) atoms. The second-order valence-electron chi connectivity index (χ2n) is 7.81. The molecular formula is C19H28F2N2O2. The van der Waals surface area contributed by atoms with Crippen LogP contribution in [0.2, 0.25) is 0 Å². The van der Waals surface area contributed by atoms with E-state index >= 15 is 0 Å². The van der Waals surface area contributed by atoms with E-state index in [2.05, 4.69) is 5.32 Å². The van der Waals surface area contributed by atoms with E-state index in [0.29, 0.717) is 12.1 Å². The molecule has 0 aliphatic carbocycles. The van der Waals surface area contributed by atoms with Crippen molar-refractivity contribution >= 4 is 6.09 Å². The number of nitrogens with one attached hydrogen (secondary N) is 1. The Kier molecular flexibility index (Phi) is 6.03. The van der Waals surface area contributed by atoms with Crippen LogP contribution in [0.5, 0.6) is 0 Å². The number of halogens is 2. The fraction of sp³-hybridized carbons (Fsp3) is 0.632. The molecule has 1 aromatic carbocycles. The van der Waals surface area contributed by atoms with E-state index in [1.807, 2.05) is 34.6 Å². The standard InChI is InChI=1S/C19H28F2N2O2/c1-12-10-15(8-9-23(12)18(24)25-19(3,4)5)22-13(2)14-6-7-16(20)17(21)11-14/h6-7,11-13,15,22H,8-10H2,1-5H3. The van der Waals surface area contributed by atoms with Gasteiger partial charge in [0.2, 0.25) is 0 Å². The summed E-state index contributed by atoms with van der Waals surface area (Å²) in [5.74, 6) is -1.67. The van der Waals surface area contributed by atoms with Crippen LogP contribution >= 0.6 is 0 Å². The second kappa shape index (κ2) is 7.68. The third-order valence-electron chi connectivity index (χ3n) is 4.43. The Morgan fingerprint density at radius 3 is 2.56 bits per heavy atom. The molecule has 1 aromatic rings. The molecule has 140 valence electrons. The summed E-state index contributed by atoms with van der Waals surface area (Å²) in [6.45, 7) is 10.1. The zero-order valence-electron chi connectivity index (χ0n) is 15.6. The molecule has 0 radical (unpaired) electrons. The van der Waals surface area contributed by atoms with Gasteiger partial charge in [0.1, 0.15) is 5.60 Å². The molecule has 0 spiro atoms. The molecule has 6 heteroatoms. The van der Waals surface area contributed by atoms with Crippen LogP contribution in [0.1, 0.15) is 59.1 Å². The lowest BCUT2D eigenvalue weighted by Gasteiger charge is -2.39. The Hall–Kier alpha value is -1.69. The Morgan fingerprint density at radius 2 is 2.00 bits per heavy atom. The smallest absolute Gasteiger partial charge is 0.410 e. The lowest BCUT2D eigenvalue weighted by Crippen LogP contribution is -2.51. The van der Waals surface area contributed by atoms with Gasteiger partial charge in [0.15, 0.2) is 11.6 Å². The Morgan fingerprint density at radius 1 is 1.32 bits per heavy atom. The molecule has 0 bridgehead atoms. The van der Waals surface area contributed by atoms with Crippen LogP contribution in [0.3, 0.4) is 0 Å². The first-order valence-electron chi connectivity index (χ1n) is 8.77. The molecule has 4 nitrogen and oxygen atoms in total. The molecule has 1 saturated heterocycles. The molecule has 3 atom stereocenters. The van der Waals surface area contributed by atoms with Crippen molar-refractivity contribution < 1.29 is 18.3 Å². The average Bonchev–Trinajstić information content (AvgIpc) is 2.48. The van der Waals surface area contributed by atoms with Gasteiger partial charge >= 0.3 is 6.09 Å². The maximum atomic E-state index is 13.4. The maximum Gasteiger partial charge on any atom is 0.410 e. The van der Waals surface area contributed by atoms with Gasteiger partial charge in [-0.05, 0) is 65.2 Å². The zero-order valence-corrected chi connectivity index (χ0v) is 15.6. The normalized spacial score (nSPS) is 22.6. The Bertz CT molecular complexity index is 616. The van der Waals surface area contributed by atoms with Gasteiger partial charge in [0, 0.05) is 24.7 Å². The first-order valence-corrected chi connectivity index (χ1v) is 8.77. The number of rotatable bonds is 3. The van der Waals surface area contributed by atoms with Gasteiger partial charge in [-0.2, -0.15) is 0 Å². The summed E-state index contributed by atoms with van der Waals surface area (Å²) in [6.07, 6.45) is 1.29. The molecule has 1 fully saturated rings. The minimum absolute atomic E-state index is 0.0539. The predicted octanol–water partition coefficient (Wildman–Crippen LogP) is 4.40. The van der Waals surface area contributed by atoms with Gasteiger partial charge in [0.05, 0.1) is 0 Å². The topological polar surface area (TPSA) is 41.6 Å². The van der Waals surface area contributed by atoms with Crippen molar-refractivity contribution in [3.8, 4) is 0 Å². The quantitative estimate of drug-likeness (QED) is 0.874. The lowest BCUT2D eigenvalue weighted by molar-refractivity contribution is 0.00905. The summed E-state index contributed by atoms with van der Waals surface area (Å²) in [5, 5.41) is 3.45. The fourth-order valence-corrected chi connectivity index (χ4v) is 3.15. The van der Waals surface area contributed by atoms with E-state index in [-0.39, 0.29) is 24.2 Å². The van der Waals surface area contributed by atoms with Crippen molar-refractivity contribution in [1.29, 1.82) is 0 Å². The molecule has 0 saturated carbocycles. The predicted molar refractivity (Wildman–Crippen MR) is 93.3 cm³/mol.